The van der Waals surface area contributed by atoms with Crippen LogP contribution in [0.4, 0.5) is 8.78 Å². The fourth-order valence-corrected chi connectivity index (χ4v) is 4.36. The molecule has 1 unspecified atom stereocenters. The Kier molecular flexibility index (Phi) is 11.9. The van der Waals surface area contributed by atoms with Crippen molar-refractivity contribution < 1.29 is 38.2 Å². The zero-order valence-electron chi connectivity index (χ0n) is 21.0. The first-order chi connectivity index (χ1) is 17.1. The second-order valence-corrected chi connectivity index (χ2v) is 9.01. The third-order valence-electron chi connectivity index (χ3n) is 6.28. The maximum absolute atomic E-state index is 14.3. The van der Waals surface area contributed by atoms with Gasteiger partial charge in [0.15, 0.2) is 0 Å². The van der Waals surface area contributed by atoms with E-state index in [9.17, 15) is 18.4 Å². The van der Waals surface area contributed by atoms with Gasteiger partial charge in [0, 0.05) is 24.6 Å². The molecule has 0 bridgehead atoms. The SMILES string of the molecule is CON(CC1CCC1)CC(Cc1c(F)cccc1F)c1c(C)cccc1C.O=C(O)COCC(=O)O. The van der Waals surface area contributed by atoms with E-state index in [4.69, 9.17) is 15.1 Å². The molecule has 1 atom stereocenters. The minimum absolute atomic E-state index is 0.0439. The molecule has 9 heteroatoms. The van der Waals surface area contributed by atoms with Crippen molar-refractivity contribution in [2.75, 3.05) is 33.4 Å². The van der Waals surface area contributed by atoms with Crippen molar-refractivity contribution in [2.24, 2.45) is 5.92 Å². The molecule has 0 amide bonds. The van der Waals surface area contributed by atoms with Crippen molar-refractivity contribution in [3.63, 3.8) is 0 Å². The van der Waals surface area contributed by atoms with Crippen LogP contribution in [0.25, 0.3) is 0 Å². The van der Waals surface area contributed by atoms with Crippen molar-refractivity contribution in [1.82, 2.24) is 5.06 Å². The maximum atomic E-state index is 14.3. The molecule has 198 valence electrons. The highest BCUT2D eigenvalue weighted by molar-refractivity contribution is 5.70. The third-order valence-corrected chi connectivity index (χ3v) is 6.28. The Morgan fingerprint density at radius 1 is 1.00 bits per heavy atom. The van der Waals surface area contributed by atoms with Gasteiger partial charge in [-0.2, -0.15) is 5.06 Å². The number of halogens is 2. The summed E-state index contributed by atoms with van der Waals surface area (Å²) in [5.41, 5.74) is 3.62. The Bertz CT molecular complexity index is 957. The van der Waals surface area contributed by atoms with Crippen LogP contribution < -0.4 is 0 Å². The molecule has 7 nitrogen and oxygen atoms in total. The van der Waals surface area contributed by atoms with E-state index in [1.807, 2.05) is 11.1 Å². The highest BCUT2D eigenvalue weighted by atomic mass is 19.1. The van der Waals surface area contributed by atoms with Crippen LogP contribution in [0, 0.1) is 31.4 Å². The molecule has 2 aromatic carbocycles. The molecule has 36 heavy (non-hydrogen) atoms. The summed E-state index contributed by atoms with van der Waals surface area (Å²) >= 11 is 0. The first-order valence-electron chi connectivity index (χ1n) is 11.9. The Morgan fingerprint density at radius 2 is 1.53 bits per heavy atom. The first-order valence-corrected chi connectivity index (χ1v) is 11.9. The molecule has 2 N–H and O–H groups in total. The quantitative estimate of drug-likeness (QED) is 0.401. The molecule has 0 spiro atoms. The van der Waals surface area contributed by atoms with Crippen LogP contribution in [-0.4, -0.2) is 60.6 Å². The van der Waals surface area contributed by atoms with Crippen molar-refractivity contribution in [3.8, 4) is 0 Å². The number of aliphatic carboxylic acids is 2. The van der Waals surface area contributed by atoms with Crippen molar-refractivity contribution in [3.05, 3.63) is 70.3 Å². The summed E-state index contributed by atoms with van der Waals surface area (Å²) in [4.78, 5) is 25.0. The monoisotopic (exact) mass is 507 g/mol. The maximum Gasteiger partial charge on any atom is 0.329 e. The van der Waals surface area contributed by atoms with E-state index in [1.54, 1.807) is 7.11 Å². The number of carboxylic acid groups (broad SMARTS) is 2. The Balaban J connectivity index is 0.000000434. The van der Waals surface area contributed by atoms with Gasteiger partial charge >= 0.3 is 11.9 Å². The fraction of sp³-hybridized carbons (Fsp3) is 0.481. The summed E-state index contributed by atoms with van der Waals surface area (Å²) < 4.78 is 32.8. The molecule has 0 aliphatic heterocycles. The summed E-state index contributed by atoms with van der Waals surface area (Å²) in [7, 11) is 1.68. The van der Waals surface area contributed by atoms with Gasteiger partial charge in [-0.15, -0.1) is 0 Å². The summed E-state index contributed by atoms with van der Waals surface area (Å²) in [5.74, 6) is -2.68. The van der Waals surface area contributed by atoms with Gasteiger partial charge in [0.1, 0.15) is 24.8 Å². The lowest BCUT2D eigenvalue weighted by Crippen LogP contribution is -2.35. The molecule has 0 saturated heterocycles. The number of benzene rings is 2. The van der Waals surface area contributed by atoms with E-state index in [1.165, 1.54) is 37.5 Å². The number of nitrogens with zero attached hydrogens (tertiary/aromatic N) is 1. The zero-order valence-corrected chi connectivity index (χ0v) is 21.0. The summed E-state index contributed by atoms with van der Waals surface area (Å²) in [6.07, 6.45) is 4.06. The van der Waals surface area contributed by atoms with E-state index >= 15 is 0 Å². The van der Waals surface area contributed by atoms with Crippen molar-refractivity contribution in [2.45, 2.75) is 45.4 Å². The second-order valence-electron chi connectivity index (χ2n) is 9.01. The smallest absolute Gasteiger partial charge is 0.329 e. The standard InChI is InChI=1S/C23H29F2NO.C4H6O5/c1-16-7-4-8-17(2)23(16)19(13-20-21(24)11-6-12-22(20)25)15-26(27-3)14-18-9-5-10-18;5-3(6)1-9-2-4(7)8/h4,6-8,11-12,18-19H,5,9-10,13-15H2,1-3H3;1-2H2,(H,5,6)(H,7,8). The lowest BCUT2D eigenvalue weighted by atomic mass is 9.84. The minimum atomic E-state index is -1.17. The van der Waals surface area contributed by atoms with Gasteiger partial charge in [0.25, 0.3) is 0 Å². The number of aryl methyl sites for hydroxylation is 2. The number of rotatable bonds is 12. The average Bonchev–Trinajstić information content (AvgIpc) is 2.77. The molecule has 1 fully saturated rings. The first kappa shape index (κ1) is 29.4. The highest BCUT2D eigenvalue weighted by Crippen LogP contribution is 2.32. The third kappa shape index (κ3) is 9.29. The lowest BCUT2D eigenvalue weighted by molar-refractivity contribution is -0.148. The van der Waals surface area contributed by atoms with Crippen LogP contribution in [-0.2, 0) is 25.6 Å². The second kappa shape index (κ2) is 14.6. The molecule has 2 aromatic rings. The van der Waals surface area contributed by atoms with E-state index in [0.717, 1.165) is 23.2 Å². The average molecular weight is 508 g/mol. The van der Waals surface area contributed by atoms with Crippen molar-refractivity contribution >= 4 is 11.9 Å². The topological polar surface area (TPSA) is 96.3 Å². The van der Waals surface area contributed by atoms with Crippen LogP contribution in [0.3, 0.4) is 0 Å². The number of carbonyl (C=O) groups is 2. The summed E-state index contributed by atoms with van der Waals surface area (Å²) in [5, 5.41) is 17.8. The van der Waals surface area contributed by atoms with Gasteiger partial charge in [-0.1, -0.05) is 30.7 Å². The minimum Gasteiger partial charge on any atom is -0.480 e. The number of ether oxygens (including phenoxy) is 1. The van der Waals surface area contributed by atoms with Crippen molar-refractivity contribution in [1.29, 1.82) is 0 Å². The van der Waals surface area contributed by atoms with Gasteiger partial charge in [-0.05, 0) is 67.9 Å². The van der Waals surface area contributed by atoms with Gasteiger partial charge in [0.2, 0.25) is 0 Å². The van der Waals surface area contributed by atoms with E-state index < -0.39 is 36.8 Å². The Labute approximate surface area is 210 Å². The molecule has 0 radical (unpaired) electrons. The summed E-state index contributed by atoms with van der Waals surface area (Å²) in [6.45, 7) is 4.50. The fourth-order valence-electron chi connectivity index (χ4n) is 4.36. The van der Waals surface area contributed by atoms with Crippen LogP contribution in [0.15, 0.2) is 36.4 Å². The van der Waals surface area contributed by atoms with Gasteiger partial charge < -0.3 is 19.8 Å². The molecule has 3 rings (SSSR count). The summed E-state index contributed by atoms with van der Waals surface area (Å²) in [6, 6.07) is 10.2. The van der Waals surface area contributed by atoms with Gasteiger partial charge in [0.05, 0.1) is 7.11 Å². The highest BCUT2D eigenvalue weighted by Gasteiger charge is 2.26. The largest absolute Gasteiger partial charge is 0.480 e. The Hall–Kier alpha value is -2.88. The van der Waals surface area contributed by atoms with Crippen LogP contribution >= 0.6 is 0 Å². The number of hydrogen-bond acceptors (Lipinski definition) is 5. The number of carboxylic acids is 2. The lowest BCUT2D eigenvalue weighted by Gasteiger charge is -2.33. The van der Waals surface area contributed by atoms with Crippen LogP contribution in [0.5, 0.6) is 0 Å². The predicted molar refractivity (Wildman–Crippen MR) is 131 cm³/mol. The van der Waals surface area contributed by atoms with Crippen LogP contribution in [0.2, 0.25) is 0 Å². The molecule has 1 aliphatic carbocycles. The van der Waals surface area contributed by atoms with E-state index in [0.29, 0.717) is 18.9 Å². The zero-order chi connectivity index (χ0) is 26.7. The Morgan fingerprint density at radius 3 is 1.97 bits per heavy atom. The molecular weight excluding hydrogens is 472 g/mol. The van der Waals surface area contributed by atoms with Gasteiger partial charge in [-0.3, -0.25) is 0 Å². The van der Waals surface area contributed by atoms with Crippen LogP contribution in [0.1, 0.15) is 47.4 Å². The predicted octanol–water partition coefficient (Wildman–Crippen LogP) is 4.74. The molecule has 0 aromatic heterocycles. The number of hydroxylamine groups is 2. The number of hydrogen-bond donors (Lipinski definition) is 2. The normalized spacial score (nSPS) is 14.1. The van der Waals surface area contributed by atoms with E-state index in [2.05, 4.69) is 30.7 Å². The van der Waals surface area contributed by atoms with Gasteiger partial charge in [-0.25, -0.2) is 18.4 Å². The molecule has 1 aliphatic rings. The molecule has 1 saturated carbocycles. The molecular formula is C27H35F2NO6. The van der Waals surface area contributed by atoms with E-state index in [-0.39, 0.29) is 11.5 Å². The molecule has 0 heterocycles.